The quantitative estimate of drug-likeness (QED) is 0.678. The van der Waals surface area contributed by atoms with E-state index in [9.17, 15) is 4.79 Å². The Balaban J connectivity index is 2.39. The van der Waals surface area contributed by atoms with Crippen LogP contribution in [0.15, 0.2) is 0 Å². The molecule has 0 aromatic heterocycles. The fourth-order valence-corrected chi connectivity index (χ4v) is 1.77. The van der Waals surface area contributed by atoms with E-state index in [1.54, 1.807) is 0 Å². The third-order valence-corrected chi connectivity index (χ3v) is 2.50. The van der Waals surface area contributed by atoms with Crippen molar-refractivity contribution < 1.29 is 9.90 Å². The van der Waals surface area contributed by atoms with E-state index < -0.39 is 5.97 Å². The fraction of sp³-hybridized carbons (Fsp3) is 0.889. The second-order valence-electron chi connectivity index (χ2n) is 3.36. The van der Waals surface area contributed by atoms with Crippen molar-refractivity contribution in [1.82, 2.24) is 10.2 Å². The van der Waals surface area contributed by atoms with Gasteiger partial charge in [-0.1, -0.05) is 6.92 Å². The van der Waals surface area contributed by atoms with Crippen LogP contribution in [-0.2, 0) is 4.79 Å². The van der Waals surface area contributed by atoms with Crippen LogP contribution in [0.25, 0.3) is 0 Å². The summed E-state index contributed by atoms with van der Waals surface area (Å²) in [5, 5.41) is 12.9. The van der Waals surface area contributed by atoms with Gasteiger partial charge in [0.05, 0.1) is 6.54 Å². The summed E-state index contributed by atoms with van der Waals surface area (Å²) in [5.74, 6) is -0.732. The maximum atomic E-state index is 10.5. The number of likely N-dealkylation sites (N-methyl/N-ethyl adjacent to an activating group) is 1. The lowest BCUT2D eigenvalue weighted by molar-refractivity contribution is -0.139. The molecular weight excluding hydrogens is 168 g/mol. The summed E-state index contributed by atoms with van der Waals surface area (Å²) in [6.07, 6.45) is 2.03. The average molecular weight is 185 g/mol. The second-order valence-corrected chi connectivity index (χ2v) is 3.36. The van der Waals surface area contributed by atoms with Crippen molar-refractivity contribution in [2.45, 2.75) is 25.8 Å². The number of hydrogen-bond donors (Lipinski definition) is 1. The van der Waals surface area contributed by atoms with Gasteiger partial charge in [-0.3, -0.25) is 9.69 Å². The van der Waals surface area contributed by atoms with Gasteiger partial charge in [0.1, 0.15) is 0 Å². The van der Waals surface area contributed by atoms with E-state index in [1.165, 1.54) is 0 Å². The minimum atomic E-state index is -0.732. The summed E-state index contributed by atoms with van der Waals surface area (Å²) in [6, 6.07) is 0.429. The van der Waals surface area contributed by atoms with E-state index in [4.69, 9.17) is 5.11 Å². The van der Waals surface area contributed by atoms with E-state index in [-0.39, 0.29) is 6.54 Å². The standard InChI is InChI=1S/C9H17N2O2/c1-2-11(7-9(12)13)8-3-5-10-6-4-8/h8H,2-7H2,1H3,(H,12,13). The Hall–Kier alpha value is -0.610. The van der Waals surface area contributed by atoms with Gasteiger partial charge in [0.2, 0.25) is 0 Å². The molecule has 0 bridgehead atoms. The molecule has 1 fully saturated rings. The second kappa shape index (κ2) is 5.19. The summed E-state index contributed by atoms with van der Waals surface area (Å²) in [6.45, 7) is 4.77. The number of carboxylic acids is 1. The van der Waals surface area contributed by atoms with E-state index in [0.29, 0.717) is 6.04 Å². The lowest BCUT2D eigenvalue weighted by atomic mass is 10.1. The first kappa shape index (κ1) is 10.5. The van der Waals surface area contributed by atoms with Crippen molar-refractivity contribution in [2.75, 3.05) is 26.2 Å². The van der Waals surface area contributed by atoms with Crippen molar-refractivity contribution in [3.05, 3.63) is 0 Å². The lowest BCUT2D eigenvalue weighted by Crippen LogP contribution is -2.43. The largest absolute Gasteiger partial charge is 0.480 e. The molecule has 1 saturated heterocycles. The smallest absolute Gasteiger partial charge is 0.317 e. The Labute approximate surface area is 78.9 Å². The Morgan fingerprint density at radius 2 is 2.15 bits per heavy atom. The molecule has 0 unspecified atom stereocenters. The predicted molar refractivity (Wildman–Crippen MR) is 49.8 cm³/mol. The normalized spacial score (nSPS) is 19.2. The molecule has 0 saturated carbocycles. The van der Waals surface area contributed by atoms with Gasteiger partial charge in [0, 0.05) is 19.1 Å². The summed E-state index contributed by atoms with van der Waals surface area (Å²) in [4.78, 5) is 12.6. The third kappa shape index (κ3) is 3.32. The minimum absolute atomic E-state index is 0.168. The highest BCUT2D eigenvalue weighted by Gasteiger charge is 2.21. The lowest BCUT2D eigenvalue weighted by Gasteiger charge is -2.31. The summed E-state index contributed by atoms with van der Waals surface area (Å²) in [7, 11) is 0. The van der Waals surface area contributed by atoms with Crippen molar-refractivity contribution >= 4 is 5.97 Å². The number of nitrogens with zero attached hydrogens (tertiary/aromatic N) is 2. The monoisotopic (exact) mass is 185 g/mol. The minimum Gasteiger partial charge on any atom is -0.480 e. The number of carbonyl (C=O) groups is 1. The van der Waals surface area contributed by atoms with Crippen molar-refractivity contribution in [3.63, 3.8) is 0 Å². The van der Waals surface area contributed by atoms with Crippen LogP contribution < -0.4 is 5.32 Å². The first-order valence-corrected chi connectivity index (χ1v) is 4.83. The van der Waals surface area contributed by atoms with Gasteiger partial charge >= 0.3 is 5.97 Å². The molecule has 75 valence electrons. The molecule has 0 aromatic carbocycles. The topological polar surface area (TPSA) is 54.6 Å². The zero-order valence-electron chi connectivity index (χ0n) is 8.07. The number of hydrogen-bond acceptors (Lipinski definition) is 2. The molecule has 1 radical (unpaired) electrons. The molecular formula is C9H17N2O2. The van der Waals surface area contributed by atoms with E-state index in [0.717, 1.165) is 32.5 Å². The highest BCUT2D eigenvalue weighted by atomic mass is 16.4. The molecule has 0 aliphatic carbocycles. The number of carboxylic acid groups (broad SMARTS) is 1. The van der Waals surface area contributed by atoms with Gasteiger partial charge in [-0.25, -0.2) is 5.32 Å². The maximum Gasteiger partial charge on any atom is 0.317 e. The van der Waals surface area contributed by atoms with Crippen molar-refractivity contribution in [2.24, 2.45) is 0 Å². The summed E-state index contributed by atoms with van der Waals surface area (Å²) >= 11 is 0. The Morgan fingerprint density at radius 1 is 1.54 bits per heavy atom. The molecule has 1 aliphatic heterocycles. The van der Waals surface area contributed by atoms with Crippen molar-refractivity contribution in [1.29, 1.82) is 0 Å². The molecule has 0 amide bonds. The average Bonchev–Trinajstić information content (AvgIpc) is 2.15. The molecule has 0 atom stereocenters. The van der Waals surface area contributed by atoms with Crippen LogP contribution in [0.3, 0.4) is 0 Å². The summed E-state index contributed by atoms with van der Waals surface area (Å²) in [5.41, 5.74) is 0. The van der Waals surface area contributed by atoms with E-state index >= 15 is 0 Å². The van der Waals surface area contributed by atoms with E-state index in [1.807, 2.05) is 11.8 Å². The van der Waals surface area contributed by atoms with Gasteiger partial charge in [-0.05, 0) is 19.4 Å². The Morgan fingerprint density at radius 3 is 2.62 bits per heavy atom. The highest BCUT2D eigenvalue weighted by Crippen LogP contribution is 2.11. The molecule has 0 aromatic rings. The van der Waals surface area contributed by atoms with Gasteiger partial charge in [0.15, 0.2) is 0 Å². The maximum absolute atomic E-state index is 10.5. The zero-order chi connectivity index (χ0) is 9.68. The SMILES string of the molecule is CCN(CC(=O)O)C1CC[N]CC1. The molecule has 1 aliphatic rings. The number of rotatable bonds is 4. The summed E-state index contributed by atoms with van der Waals surface area (Å²) < 4.78 is 0. The third-order valence-electron chi connectivity index (χ3n) is 2.50. The molecule has 4 heteroatoms. The van der Waals surface area contributed by atoms with Crippen molar-refractivity contribution in [3.8, 4) is 0 Å². The van der Waals surface area contributed by atoms with Gasteiger partial charge < -0.3 is 5.11 Å². The highest BCUT2D eigenvalue weighted by molar-refractivity contribution is 5.69. The van der Waals surface area contributed by atoms with Gasteiger partial charge in [-0.2, -0.15) is 0 Å². The number of piperidine rings is 1. The van der Waals surface area contributed by atoms with Crippen LogP contribution in [0.1, 0.15) is 19.8 Å². The van der Waals surface area contributed by atoms with Crippen LogP contribution in [0, 0.1) is 0 Å². The first-order chi connectivity index (χ1) is 6.24. The predicted octanol–water partition coefficient (Wildman–Crippen LogP) is 0.160. The molecule has 4 nitrogen and oxygen atoms in total. The van der Waals surface area contributed by atoms with Crippen LogP contribution in [-0.4, -0.2) is 48.2 Å². The Kier molecular flexibility index (Phi) is 4.18. The van der Waals surface area contributed by atoms with E-state index in [2.05, 4.69) is 5.32 Å². The number of aliphatic carboxylic acids is 1. The first-order valence-electron chi connectivity index (χ1n) is 4.83. The van der Waals surface area contributed by atoms with Crippen LogP contribution in [0.5, 0.6) is 0 Å². The molecule has 13 heavy (non-hydrogen) atoms. The zero-order valence-corrected chi connectivity index (χ0v) is 8.07. The van der Waals surface area contributed by atoms with Crippen LogP contribution in [0.2, 0.25) is 0 Å². The van der Waals surface area contributed by atoms with Gasteiger partial charge in [0.25, 0.3) is 0 Å². The van der Waals surface area contributed by atoms with Gasteiger partial charge in [-0.15, -0.1) is 0 Å². The molecule has 1 heterocycles. The fourth-order valence-electron chi connectivity index (χ4n) is 1.77. The molecule has 1 N–H and O–H groups in total. The van der Waals surface area contributed by atoms with Crippen LogP contribution in [0.4, 0.5) is 0 Å². The van der Waals surface area contributed by atoms with Crippen LogP contribution >= 0.6 is 0 Å². The molecule has 0 spiro atoms. The molecule has 1 rings (SSSR count). The Bertz CT molecular complexity index is 167.